The van der Waals surface area contributed by atoms with Gasteiger partial charge in [-0.2, -0.15) is 0 Å². The maximum Gasteiger partial charge on any atom is 0.259 e. The van der Waals surface area contributed by atoms with Crippen molar-refractivity contribution in [1.29, 1.82) is 0 Å². The Labute approximate surface area is 164 Å². The van der Waals surface area contributed by atoms with E-state index in [1.165, 1.54) is 0 Å². The zero-order valence-corrected chi connectivity index (χ0v) is 16.4. The van der Waals surface area contributed by atoms with Gasteiger partial charge in [-0.1, -0.05) is 6.07 Å². The van der Waals surface area contributed by atoms with E-state index in [1.54, 1.807) is 42.6 Å². The molecule has 8 nitrogen and oxygen atoms in total. The molecule has 0 aliphatic carbocycles. The van der Waals surface area contributed by atoms with Crippen molar-refractivity contribution in [3.63, 3.8) is 0 Å². The maximum absolute atomic E-state index is 12.8. The Kier molecular flexibility index (Phi) is 6.48. The summed E-state index contributed by atoms with van der Waals surface area (Å²) in [7, 11) is -3.09. The summed E-state index contributed by atoms with van der Waals surface area (Å²) in [5.74, 6) is 0.773. The van der Waals surface area contributed by atoms with Crippen LogP contribution in [0.1, 0.15) is 10.4 Å². The Bertz CT molecular complexity index is 927. The van der Waals surface area contributed by atoms with Gasteiger partial charge in [-0.3, -0.25) is 4.79 Å². The highest BCUT2D eigenvalue weighted by atomic mass is 32.2. The molecule has 0 radical (unpaired) electrons. The molecule has 1 aliphatic heterocycles. The molecular formula is C19H23N3O5S. The number of anilines is 2. The van der Waals surface area contributed by atoms with E-state index in [-0.39, 0.29) is 18.3 Å². The lowest BCUT2D eigenvalue weighted by molar-refractivity contribution is 0.102. The number of nitrogens with zero attached hydrogens (tertiary/aromatic N) is 2. The predicted octanol–water partition coefficient (Wildman–Crippen LogP) is 1.59. The Morgan fingerprint density at radius 1 is 1.25 bits per heavy atom. The maximum atomic E-state index is 12.8. The number of nitrogens with one attached hydrogen (secondary N) is 1. The zero-order valence-electron chi connectivity index (χ0n) is 15.6. The molecule has 150 valence electrons. The smallest absolute Gasteiger partial charge is 0.259 e. The molecule has 1 amide bonds. The Morgan fingerprint density at radius 3 is 2.79 bits per heavy atom. The fourth-order valence-electron chi connectivity index (χ4n) is 2.77. The standard InChI is InChI=1S/C19H23N3O5S/c1-28(24,25)13-12-27-16-5-2-4-15(14-16)21-19(23)17-6-3-7-20-18(17)22-8-10-26-11-9-22/h2-7,14H,8-13H2,1H3,(H,21,23). The molecule has 9 heteroatoms. The normalized spacial score (nSPS) is 14.5. The third-order valence-corrected chi connectivity index (χ3v) is 5.06. The summed E-state index contributed by atoms with van der Waals surface area (Å²) in [6.45, 7) is 2.62. The lowest BCUT2D eigenvalue weighted by Crippen LogP contribution is -2.38. The van der Waals surface area contributed by atoms with Crippen molar-refractivity contribution in [2.24, 2.45) is 0 Å². The van der Waals surface area contributed by atoms with Gasteiger partial charge in [-0.05, 0) is 24.3 Å². The number of carbonyl (C=O) groups is 1. The molecule has 0 atom stereocenters. The van der Waals surface area contributed by atoms with Crippen molar-refractivity contribution in [1.82, 2.24) is 4.98 Å². The van der Waals surface area contributed by atoms with E-state index in [4.69, 9.17) is 9.47 Å². The van der Waals surface area contributed by atoms with E-state index in [0.29, 0.717) is 49.1 Å². The first-order valence-electron chi connectivity index (χ1n) is 8.92. The van der Waals surface area contributed by atoms with Gasteiger partial charge in [0.15, 0.2) is 9.84 Å². The topological polar surface area (TPSA) is 97.8 Å². The summed E-state index contributed by atoms with van der Waals surface area (Å²) in [6, 6.07) is 10.3. The highest BCUT2D eigenvalue weighted by Gasteiger charge is 2.20. The van der Waals surface area contributed by atoms with E-state index in [2.05, 4.69) is 10.3 Å². The molecule has 1 aliphatic rings. The molecule has 1 aromatic heterocycles. The Morgan fingerprint density at radius 2 is 2.04 bits per heavy atom. The molecular weight excluding hydrogens is 382 g/mol. The third kappa shape index (κ3) is 5.67. The Hall–Kier alpha value is -2.65. The third-order valence-electron chi connectivity index (χ3n) is 4.16. The number of hydrogen-bond acceptors (Lipinski definition) is 7. The minimum absolute atomic E-state index is 0.0556. The zero-order chi connectivity index (χ0) is 20.0. The summed E-state index contributed by atoms with van der Waals surface area (Å²) in [5, 5.41) is 2.85. The van der Waals surface area contributed by atoms with Crippen molar-refractivity contribution in [2.75, 3.05) is 55.1 Å². The molecule has 1 N–H and O–H groups in total. The van der Waals surface area contributed by atoms with Gasteiger partial charge in [0, 0.05) is 37.3 Å². The fraction of sp³-hybridized carbons (Fsp3) is 0.368. The van der Waals surface area contributed by atoms with Gasteiger partial charge in [-0.25, -0.2) is 13.4 Å². The van der Waals surface area contributed by atoms with Gasteiger partial charge in [0.2, 0.25) is 0 Å². The van der Waals surface area contributed by atoms with Crippen LogP contribution < -0.4 is 15.0 Å². The van der Waals surface area contributed by atoms with Crippen molar-refractivity contribution < 1.29 is 22.7 Å². The van der Waals surface area contributed by atoms with E-state index in [1.807, 2.05) is 4.90 Å². The van der Waals surface area contributed by atoms with Crippen LogP contribution in [0.4, 0.5) is 11.5 Å². The average Bonchev–Trinajstić information content (AvgIpc) is 2.68. The molecule has 3 rings (SSSR count). The molecule has 0 spiro atoms. The molecule has 0 unspecified atom stereocenters. The second-order valence-corrected chi connectivity index (χ2v) is 8.69. The second kappa shape index (κ2) is 9.03. The number of amides is 1. The first-order valence-corrected chi connectivity index (χ1v) is 11.0. The average molecular weight is 405 g/mol. The highest BCUT2D eigenvalue weighted by Crippen LogP contribution is 2.22. The number of ether oxygens (including phenoxy) is 2. The van der Waals surface area contributed by atoms with E-state index < -0.39 is 9.84 Å². The van der Waals surface area contributed by atoms with Crippen molar-refractivity contribution in [3.8, 4) is 5.75 Å². The molecule has 0 bridgehead atoms. The quantitative estimate of drug-likeness (QED) is 0.747. The second-order valence-electron chi connectivity index (χ2n) is 6.43. The van der Waals surface area contributed by atoms with Gasteiger partial charge in [0.05, 0.1) is 24.5 Å². The summed E-state index contributed by atoms with van der Waals surface area (Å²) in [4.78, 5) is 19.2. The predicted molar refractivity (Wildman–Crippen MR) is 107 cm³/mol. The molecule has 1 aromatic carbocycles. The molecule has 2 heterocycles. The lowest BCUT2D eigenvalue weighted by atomic mass is 10.2. The summed E-state index contributed by atoms with van der Waals surface area (Å²) >= 11 is 0. The van der Waals surface area contributed by atoms with Crippen molar-refractivity contribution >= 4 is 27.2 Å². The van der Waals surface area contributed by atoms with Crippen LogP contribution in [0.3, 0.4) is 0 Å². The van der Waals surface area contributed by atoms with Gasteiger partial charge in [-0.15, -0.1) is 0 Å². The van der Waals surface area contributed by atoms with Crippen LogP contribution in [0.25, 0.3) is 0 Å². The van der Waals surface area contributed by atoms with Crippen LogP contribution >= 0.6 is 0 Å². The summed E-state index contributed by atoms with van der Waals surface area (Å²) in [5.41, 5.74) is 1.03. The molecule has 28 heavy (non-hydrogen) atoms. The van der Waals surface area contributed by atoms with E-state index in [0.717, 1.165) is 6.26 Å². The van der Waals surface area contributed by atoms with Gasteiger partial charge in [0.25, 0.3) is 5.91 Å². The number of rotatable bonds is 7. The van der Waals surface area contributed by atoms with Crippen molar-refractivity contribution in [2.45, 2.75) is 0 Å². The molecule has 2 aromatic rings. The van der Waals surface area contributed by atoms with Gasteiger partial charge in [0.1, 0.15) is 18.2 Å². The number of morpholine rings is 1. The molecule has 1 fully saturated rings. The first-order chi connectivity index (χ1) is 13.4. The van der Waals surface area contributed by atoms with E-state index >= 15 is 0 Å². The van der Waals surface area contributed by atoms with Gasteiger partial charge >= 0.3 is 0 Å². The fourth-order valence-corrected chi connectivity index (χ4v) is 3.16. The van der Waals surface area contributed by atoms with Crippen LogP contribution in [0.15, 0.2) is 42.6 Å². The monoisotopic (exact) mass is 405 g/mol. The molecule has 1 saturated heterocycles. The minimum Gasteiger partial charge on any atom is -0.492 e. The van der Waals surface area contributed by atoms with E-state index in [9.17, 15) is 13.2 Å². The van der Waals surface area contributed by atoms with Crippen LogP contribution in [0, 0.1) is 0 Å². The SMILES string of the molecule is CS(=O)(=O)CCOc1cccc(NC(=O)c2cccnc2N2CCOCC2)c1. The minimum atomic E-state index is -3.09. The van der Waals surface area contributed by atoms with Gasteiger partial charge < -0.3 is 19.7 Å². The number of pyridine rings is 1. The highest BCUT2D eigenvalue weighted by molar-refractivity contribution is 7.90. The number of benzene rings is 1. The van der Waals surface area contributed by atoms with Crippen LogP contribution in [-0.4, -0.2) is 64.2 Å². The number of hydrogen-bond donors (Lipinski definition) is 1. The summed E-state index contributed by atoms with van der Waals surface area (Å²) < 4.78 is 33.2. The van der Waals surface area contributed by atoms with Crippen LogP contribution in [0.5, 0.6) is 5.75 Å². The Balaban J connectivity index is 1.69. The lowest BCUT2D eigenvalue weighted by Gasteiger charge is -2.29. The number of aromatic nitrogens is 1. The van der Waals surface area contributed by atoms with Crippen LogP contribution in [-0.2, 0) is 14.6 Å². The first kappa shape index (κ1) is 20.1. The number of sulfone groups is 1. The summed E-state index contributed by atoms with van der Waals surface area (Å²) in [6.07, 6.45) is 2.82. The molecule has 0 saturated carbocycles. The van der Waals surface area contributed by atoms with Crippen molar-refractivity contribution in [3.05, 3.63) is 48.2 Å². The number of carbonyl (C=O) groups excluding carboxylic acids is 1. The van der Waals surface area contributed by atoms with Crippen LogP contribution in [0.2, 0.25) is 0 Å². The largest absolute Gasteiger partial charge is 0.492 e.